The second kappa shape index (κ2) is 9.24. The van der Waals surface area contributed by atoms with Gasteiger partial charge in [0.2, 0.25) is 0 Å². The van der Waals surface area contributed by atoms with Crippen molar-refractivity contribution >= 4 is 0 Å². The predicted octanol–water partition coefficient (Wildman–Crippen LogP) is 9.10. The van der Waals surface area contributed by atoms with E-state index in [1.54, 1.807) is 5.57 Å². The molecule has 0 heterocycles. The average Bonchev–Trinajstić information content (AvgIpc) is 3.30. The van der Waals surface area contributed by atoms with E-state index in [-0.39, 0.29) is 5.41 Å². The Labute approximate surface area is 203 Å². The maximum atomic E-state index is 2.70. The van der Waals surface area contributed by atoms with E-state index in [0.717, 1.165) is 35.5 Å². The number of rotatable bonds is 6. The second-order valence-electron chi connectivity index (χ2n) is 12.9. The van der Waals surface area contributed by atoms with E-state index in [9.17, 15) is 0 Å². The van der Waals surface area contributed by atoms with Gasteiger partial charge < -0.3 is 0 Å². The monoisotopic (exact) mass is 442 g/mol. The second-order valence-corrected chi connectivity index (χ2v) is 12.9. The highest BCUT2D eigenvalue weighted by Gasteiger charge is 2.49. The summed E-state index contributed by atoms with van der Waals surface area (Å²) < 4.78 is 0. The Morgan fingerprint density at radius 3 is 2.03 bits per heavy atom. The third-order valence-electron chi connectivity index (χ3n) is 9.81. The lowest BCUT2D eigenvalue weighted by atomic mass is 9.74. The van der Waals surface area contributed by atoms with Gasteiger partial charge in [0.25, 0.3) is 0 Å². The van der Waals surface area contributed by atoms with Crippen LogP contribution in [0.3, 0.4) is 0 Å². The van der Waals surface area contributed by atoms with Crippen molar-refractivity contribution in [2.45, 2.75) is 73.1 Å². The zero-order chi connectivity index (χ0) is 23.2. The molecule has 2 saturated carbocycles. The molecule has 33 heavy (non-hydrogen) atoms. The van der Waals surface area contributed by atoms with Gasteiger partial charge in [-0.2, -0.15) is 0 Å². The molecule has 5 rings (SSSR count). The summed E-state index contributed by atoms with van der Waals surface area (Å²) in [4.78, 5) is 0. The van der Waals surface area contributed by atoms with Gasteiger partial charge in [0.05, 0.1) is 0 Å². The molecule has 5 aliphatic carbocycles. The molecule has 0 N–H and O–H groups in total. The van der Waals surface area contributed by atoms with Crippen molar-refractivity contribution < 1.29 is 0 Å². The van der Waals surface area contributed by atoms with E-state index < -0.39 is 0 Å². The molecule has 9 unspecified atom stereocenters. The number of hydrogen-bond donors (Lipinski definition) is 0. The average molecular weight is 443 g/mol. The largest absolute Gasteiger partial charge is 0.0806 e. The summed E-state index contributed by atoms with van der Waals surface area (Å²) in [5.41, 5.74) is 3.27. The Bertz CT molecular complexity index is 897. The fourth-order valence-corrected chi connectivity index (χ4v) is 8.09. The van der Waals surface area contributed by atoms with Crippen molar-refractivity contribution in [2.75, 3.05) is 0 Å². The van der Waals surface area contributed by atoms with Crippen molar-refractivity contribution in [1.82, 2.24) is 0 Å². The molecule has 2 fully saturated rings. The van der Waals surface area contributed by atoms with Crippen molar-refractivity contribution in [3.63, 3.8) is 0 Å². The summed E-state index contributed by atoms with van der Waals surface area (Å²) in [6.45, 7) is 11.8. The van der Waals surface area contributed by atoms with E-state index >= 15 is 0 Å². The fourth-order valence-electron chi connectivity index (χ4n) is 8.09. The molecule has 0 spiro atoms. The van der Waals surface area contributed by atoms with Crippen molar-refractivity contribution in [3.05, 3.63) is 71.9 Å². The van der Waals surface area contributed by atoms with Crippen molar-refractivity contribution in [2.24, 2.45) is 58.7 Å². The van der Waals surface area contributed by atoms with Crippen LogP contribution in [0.4, 0.5) is 0 Å². The van der Waals surface area contributed by atoms with Gasteiger partial charge in [0.15, 0.2) is 0 Å². The summed E-state index contributed by atoms with van der Waals surface area (Å²) in [7, 11) is 0. The van der Waals surface area contributed by atoms with E-state index in [1.165, 1.54) is 44.1 Å². The van der Waals surface area contributed by atoms with Crippen LogP contribution in [0, 0.1) is 58.7 Å². The van der Waals surface area contributed by atoms with Gasteiger partial charge >= 0.3 is 0 Å². The van der Waals surface area contributed by atoms with Crippen molar-refractivity contribution in [1.29, 1.82) is 0 Å². The summed E-state index contributed by atoms with van der Waals surface area (Å²) >= 11 is 0. The highest BCUT2D eigenvalue weighted by molar-refractivity contribution is 5.37. The number of allylic oxidation sites excluding steroid dienone is 12. The molecule has 0 radical (unpaired) electrons. The zero-order valence-electron chi connectivity index (χ0n) is 21.7. The molecule has 0 aromatic rings. The van der Waals surface area contributed by atoms with Crippen LogP contribution in [0.15, 0.2) is 71.9 Å². The molecule has 0 aliphatic heterocycles. The first-order valence-corrected chi connectivity index (χ1v) is 14.0. The maximum absolute atomic E-state index is 2.70. The Hall–Kier alpha value is -1.56. The van der Waals surface area contributed by atoms with Crippen LogP contribution in [0.2, 0.25) is 0 Å². The van der Waals surface area contributed by atoms with Crippen LogP contribution in [0.1, 0.15) is 73.1 Å². The van der Waals surface area contributed by atoms with Gasteiger partial charge in [-0.05, 0) is 96.9 Å². The molecule has 0 amide bonds. The molecule has 178 valence electrons. The van der Waals surface area contributed by atoms with Crippen LogP contribution >= 0.6 is 0 Å². The lowest BCUT2D eigenvalue weighted by Crippen LogP contribution is -2.22. The van der Waals surface area contributed by atoms with Gasteiger partial charge in [-0.1, -0.05) is 107 Å². The van der Waals surface area contributed by atoms with Gasteiger partial charge in [0.1, 0.15) is 0 Å². The summed E-state index contributed by atoms with van der Waals surface area (Å²) in [6.07, 6.45) is 33.5. The molecule has 0 aromatic carbocycles. The van der Waals surface area contributed by atoms with Gasteiger partial charge in [-0.15, -0.1) is 0 Å². The molecule has 0 nitrogen and oxygen atoms in total. The van der Waals surface area contributed by atoms with E-state index in [2.05, 4.69) is 95.4 Å². The van der Waals surface area contributed by atoms with E-state index in [0.29, 0.717) is 17.8 Å². The lowest BCUT2D eigenvalue weighted by Gasteiger charge is -2.31. The number of hydrogen-bond acceptors (Lipinski definition) is 0. The first kappa shape index (κ1) is 23.2. The standard InChI is InChI=1S/C33H46/c1-6-7-10-23-20-24(27-12-9-8-11-26(23)27)14-17-30-31-19-22(2)13-16-28(31)29-18-15-25(21-32(29)30)33(3,4)5/h8-9,11-13,15-16,18-19,21,23-24,26-32H,6-7,10,14,17,20H2,1-5H3. The van der Waals surface area contributed by atoms with Crippen LogP contribution < -0.4 is 0 Å². The Morgan fingerprint density at radius 2 is 1.36 bits per heavy atom. The highest BCUT2D eigenvalue weighted by atomic mass is 14.5. The molecule has 0 saturated heterocycles. The molecular weight excluding hydrogens is 396 g/mol. The van der Waals surface area contributed by atoms with Gasteiger partial charge in [-0.3, -0.25) is 0 Å². The maximum Gasteiger partial charge on any atom is -0.00954 e. The molecular formula is C33H46. The first-order valence-electron chi connectivity index (χ1n) is 14.0. The molecule has 0 aromatic heterocycles. The lowest BCUT2D eigenvalue weighted by molar-refractivity contribution is 0.289. The topological polar surface area (TPSA) is 0 Å². The van der Waals surface area contributed by atoms with E-state index in [1.807, 2.05) is 0 Å². The number of unbranched alkanes of at least 4 members (excludes halogenated alkanes) is 1. The third kappa shape index (κ3) is 4.44. The van der Waals surface area contributed by atoms with Crippen LogP contribution in [0.5, 0.6) is 0 Å². The quantitative estimate of drug-likeness (QED) is 0.385. The Balaban J connectivity index is 1.36. The minimum atomic E-state index is 0.242. The minimum Gasteiger partial charge on any atom is -0.0806 e. The Morgan fingerprint density at radius 1 is 0.727 bits per heavy atom. The summed E-state index contributed by atoms with van der Waals surface area (Å²) in [5, 5.41) is 0. The highest BCUT2D eigenvalue weighted by Crippen LogP contribution is 2.56. The Kier molecular flexibility index (Phi) is 6.49. The normalized spacial score (nSPS) is 40.9. The smallest absolute Gasteiger partial charge is 0.00954 e. The predicted molar refractivity (Wildman–Crippen MR) is 143 cm³/mol. The zero-order valence-corrected chi connectivity index (χ0v) is 21.7. The van der Waals surface area contributed by atoms with Gasteiger partial charge in [-0.25, -0.2) is 0 Å². The first-order chi connectivity index (χ1) is 15.9. The van der Waals surface area contributed by atoms with Crippen molar-refractivity contribution in [3.8, 4) is 0 Å². The SMILES string of the molecule is CCCCC1CC(CCC2C3C=C(C)C=CC3C3C=CC(C(C)(C)C)=CC32)C2C=CC=CC12. The molecule has 0 heteroatoms. The van der Waals surface area contributed by atoms with Crippen LogP contribution in [-0.2, 0) is 0 Å². The summed E-state index contributed by atoms with van der Waals surface area (Å²) in [5.74, 6) is 7.00. The van der Waals surface area contributed by atoms with Crippen LogP contribution in [0.25, 0.3) is 0 Å². The van der Waals surface area contributed by atoms with E-state index in [4.69, 9.17) is 0 Å². The van der Waals surface area contributed by atoms with Crippen LogP contribution in [-0.4, -0.2) is 0 Å². The molecule has 9 atom stereocenters. The van der Waals surface area contributed by atoms with Gasteiger partial charge in [0, 0.05) is 0 Å². The minimum absolute atomic E-state index is 0.242. The number of fused-ring (bicyclic) bond motifs is 4. The summed E-state index contributed by atoms with van der Waals surface area (Å²) in [6, 6.07) is 0. The third-order valence-corrected chi connectivity index (χ3v) is 9.81. The molecule has 5 aliphatic rings. The fraction of sp³-hybridized carbons (Fsp3) is 0.636. The molecule has 0 bridgehead atoms.